The van der Waals surface area contributed by atoms with Crippen molar-refractivity contribution >= 4 is 40.9 Å². The van der Waals surface area contributed by atoms with Crippen LogP contribution in [0.5, 0.6) is 5.75 Å². The van der Waals surface area contributed by atoms with Gasteiger partial charge in [0, 0.05) is 65.9 Å². The average Bonchev–Trinajstić information content (AvgIpc) is 3.98. The predicted octanol–water partition coefficient (Wildman–Crippen LogP) is 6.58. The number of H-pyrrole nitrogens is 1. The van der Waals surface area contributed by atoms with Crippen molar-refractivity contribution in [1.82, 2.24) is 36.3 Å². The molecule has 358 valence electrons. The maximum Gasteiger partial charge on any atom is 0.251 e. The highest BCUT2D eigenvalue weighted by Crippen LogP contribution is 2.55. The van der Waals surface area contributed by atoms with Gasteiger partial charge in [-0.3, -0.25) is 19.2 Å². The number of unbranched alkanes of at least 4 members (excludes halogenated alkanes) is 2. The lowest BCUT2D eigenvalue weighted by atomic mass is 9.49. The van der Waals surface area contributed by atoms with E-state index >= 15 is 0 Å². The number of benzene rings is 3. The van der Waals surface area contributed by atoms with Gasteiger partial charge in [-0.1, -0.05) is 84.3 Å². The van der Waals surface area contributed by atoms with Crippen LogP contribution in [0.3, 0.4) is 0 Å². The van der Waals surface area contributed by atoms with E-state index in [2.05, 4.69) is 70.4 Å². The monoisotopic (exact) mass is 937 g/mol. The number of aliphatic hydroxyl groups is 1. The summed E-state index contributed by atoms with van der Waals surface area (Å²) in [5, 5.41) is 43.1. The normalized spacial score (nSPS) is 20.4. The largest absolute Gasteiger partial charge is 0.489 e. The molecule has 2 fully saturated rings. The van der Waals surface area contributed by atoms with E-state index < -0.39 is 35.4 Å². The Morgan fingerprint density at radius 1 is 0.985 bits per heavy atom. The lowest BCUT2D eigenvalue weighted by Gasteiger charge is -2.63. The van der Waals surface area contributed by atoms with Gasteiger partial charge in [0.05, 0.1) is 28.9 Å². The number of halogens is 1. The summed E-state index contributed by atoms with van der Waals surface area (Å²) in [5.41, 5.74) is 2.80. The highest BCUT2D eigenvalue weighted by molar-refractivity contribution is 6.31. The predicted molar refractivity (Wildman–Crippen MR) is 255 cm³/mol. The molecule has 16 nitrogen and oxygen atoms in total. The Hall–Kier alpha value is -6.02. The molecule has 4 amide bonds. The van der Waals surface area contributed by atoms with Crippen molar-refractivity contribution in [1.29, 1.82) is 5.26 Å². The zero-order chi connectivity index (χ0) is 48.7. The number of ether oxygens (including phenoxy) is 2. The number of amides is 4. The molecule has 1 saturated heterocycles. The van der Waals surface area contributed by atoms with Gasteiger partial charge in [0.2, 0.25) is 17.7 Å². The van der Waals surface area contributed by atoms with Crippen molar-refractivity contribution in [3.63, 3.8) is 0 Å². The number of rotatable bonds is 19. The summed E-state index contributed by atoms with van der Waals surface area (Å²) < 4.78 is 12.0. The van der Waals surface area contributed by atoms with Gasteiger partial charge in [0.1, 0.15) is 42.3 Å². The zero-order valence-electron chi connectivity index (χ0n) is 39.6. The van der Waals surface area contributed by atoms with Crippen LogP contribution in [0.1, 0.15) is 109 Å². The summed E-state index contributed by atoms with van der Waals surface area (Å²) >= 11 is 6.24. The number of nitriles is 1. The molecule has 4 atom stereocenters. The molecule has 0 bridgehead atoms. The fourth-order valence-corrected chi connectivity index (χ4v) is 9.67. The SMILES string of the molecule is C[C@H](NC(=O)[C@@H]1C[C@@H](O)CN1C(=O)[C@@H](NC(=O)COCCCCCNc1ccc(C(=O)NC2C(C)(C)C(Oc3ccc(C#N)c(Cl)c3)C2(C)C)cc1)C(C)(C)C)c1ccc(-c2cn[nH]n2)cc1. The third kappa shape index (κ3) is 12.1. The minimum Gasteiger partial charge on any atom is -0.489 e. The summed E-state index contributed by atoms with van der Waals surface area (Å²) in [5.74, 6) is -0.862. The van der Waals surface area contributed by atoms with Crippen LogP contribution in [-0.4, -0.2) is 106 Å². The summed E-state index contributed by atoms with van der Waals surface area (Å²) in [6.07, 6.45) is 3.05. The van der Waals surface area contributed by atoms with Crippen molar-refractivity contribution in [2.24, 2.45) is 16.2 Å². The molecule has 3 aromatic carbocycles. The first-order valence-corrected chi connectivity index (χ1v) is 23.2. The second-order valence-electron chi connectivity index (χ2n) is 19.9. The lowest BCUT2D eigenvalue weighted by molar-refractivity contribution is -0.164. The van der Waals surface area contributed by atoms with E-state index in [9.17, 15) is 29.5 Å². The van der Waals surface area contributed by atoms with Crippen molar-refractivity contribution in [2.45, 2.75) is 117 Å². The third-order valence-electron chi connectivity index (χ3n) is 12.9. The fraction of sp³-hybridized carbons (Fsp3) is 0.500. The van der Waals surface area contributed by atoms with E-state index in [0.717, 1.165) is 36.1 Å². The summed E-state index contributed by atoms with van der Waals surface area (Å²) in [6, 6.07) is 19.6. The Kier molecular flexibility index (Phi) is 16.0. The molecular formula is C50H64ClN9O7. The van der Waals surface area contributed by atoms with Crippen LogP contribution >= 0.6 is 11.6 Å². The van der Waals surface area contributed by atoms with Gasteiger partial charge in [-0.05, 0) is 73.6 Å². The molecule has 6 N–H and O–H groups in total. The molecule has 17 heteroatoms. The number of β-amino-alcohol motifs (C(OH)–C–C–N with tert-alkyl or cyclic N) is 1. The zero-order valence-corrected chi connectivity index (χ0v) is 40.4. The Bertz CT molecular complexity index is 2380. The number of hydrogen-bond donors (Lipinski definition) is 6. The summed E-state index contributed by atoms with van der Waals surface area (Å²) in [7, 11) is 0. The van der Waals surface area contributed by atoms with Gasteiger partial charge in [0.25, 0.3) is 5.91 Å². The molecule has 6 rings (SSSR count). The molecule has 0 radical (unpaired) electrons. The van der Waals surface area contributed by atoms with Crippen LogP contribution in [0, 0.1) is 27.6 Å². The first kappa shape index (κ1) is 50.4. The number of anilines is 1. The Balaban J connectivity index is 0.884. The molecule has 2 heterocycles. The van der Waals surface area contributed by atoms with Crippen LogP contribution in [0.4, 0.5) is 5.69 Å². The average molecular weight is 939 g/mol. The molecule has 2 aliphatic rings. The van der Waals surface area contributed by atoms with Gasteiger partial charge in [-0.2, -0.15) is 20.7 Å². The van der Waals surface area contributed by atoms with Gasteiger partial charge < -0.3 is 40.7 Å². The Morgan fingerprint density at radius 2 is 1.69 bits per heavy atom. The summed E-state index contributed by atoms with van der Waals surface area (Å²) in [4.78, 5) is 55.4. The second kappa shape index (κ2) is 21.3. The minimum absolute atomic E-state index is 0.0239. The molecule has 0 unspecified atom stereocenters. The topological polar surface area (TPSA) is 224 Å². The number of hydrogen-bond acceptors (Lipinski definition) is 11. The number of aromatic nitrogens is 3. The number of nitrogens with one attached hydrogen (secondary N) is 5. The van der Waals surface area contributed by atoms with Crippen LogP contribution in [0.2, 0.25) is 5.02 Å². The van der Waals surface area contributed by atoms with Crippen molar-refractivity contribution in [3.8, 4) is 23.1 Å². The van der Waals surface area contributed by atoms with Crippen LogP contribution in [0.25, 0.3) is 11.3 Å². The number of aromatic amines is 1. The van der Waals surface area contributed by atoms with Crippen LogP contribution in [0.15, 0.2) is 72.9 Å². The summed E-state index contributed by atoms with van der Waals surface area (Å²) in [6.45, 7) is 16.4. The van der Waals surface area contributed by atoms with E-state index in [1.807, 2.05) is 64.1 Å². The minimum atomic E-state index is -0.960. The molecular weight excluding hydrogens is 874 g/mol. The highest BCUT2D eigenvalue weighted by Gasteiger charge is 2.64. The van der Waals surface area contributed by atoms with Gasteiger partial charge in [-0.15, -0.1) is 0 Å². The number of nitrogens with zero attached hydrogens (tertiary/aromatic N) is 4. The van der Waals surface area contributed by atoms with Crippen molar-refractivity contribution in [3.05, 3.63) is 94.6 Å². The molecule has 67 heavy (non-hydrogen) atoms. The number of likely N-dealkylation sites (tertiary alicyclic amines) is 1. The van der Waals surface area contributed by atoms with E-state index in [-0.39, 0.29) is 60.4 Å². The number of carbonyl (C=O) groups excluding carboxylic acids is 4. The Labute approximate surface area is 397 Å². The van der Waals surface area contributed by atoms with Gasteiger partial charge in [-0.25, -0.2) is 0 Å². The molecule has 1 saturated carbocycles. The first-order valence-electron chi connectivity index (χ1n) is 22.8. The number of aliphatic hydroxyl groups excluding tert-OH is 1. The van der Waals surface area contributed by atoms with Crippen LogP contribution < -0.4 is 26.0 Å². The van der Waals surface area contributed by atoms with Gasteiger partial charge in [0.15, 0.2) is 0 Å². The Morgan fingerprint density at radius 3 is 2.31 bits per heavy atom. The van der Waals surface area contributed by atoms with Crippen molar-refractivity contribution in [2.75, 3.05) is 31.6 Å². The van der Waals surface area contributed by atoms with Crippen molar-refractivity contribution < 1.29 is 33.8 Å². The first-order chi connectivity index (χ1) is 31.7. The molecule has 1 aliphatic heterocycles. The highest BCUT2D eigenvalue weighted by atomic mass is 35.5. The van der Waals surface area contributed by atoms with E-state index in [1.165, 1.54) is 4.90 Å². The molecule has 0 spiro atoms. The quantitative estimate of drug-likeness (QED) is 0.0551. The van der Waals surface area contributed by atoms with E-state index in [4.69, 9.17) is 21.1 Å². The molecule has 4 aromatic rings. The van der Waals surface area contributed by atoms with E-state index in [0.29, 0.717) is 40.7 Å². The number of carbonyl (C=O) groups is 4. The lowest BCUT2D eigenvalue weighted by Crippen LogP contribution is -2.74. The standard InChI is InChI=1S/C50H64ClN9O7/c1-30(31-12-14-32(15-13-31)39-27-54-59-58-39)55-44(64)40-24-36(61)28-60(40)45(65)42(48(2,3)4)56-41(62)29-66-23-11-9-10-22-53-35-19-16-33(17-20-35)43(63)57-46-49(5,6)47(50(46,7)8)67-37-21-18-34(26-52)38(51)25-37/h12-21,25,27,30,36,40,42,46-47,53,61H,9-11,22-24,28-29H2,1-8H3,(H,55,64)(H,56,62)(H,57,63)(H,54,58,59)/t30-,36+,40-,42+,46?,47?/m0/s1. The third-order valence-corrected chi connectivity index (χ3v) is 13.2. The maximum absolute atomic E-state index is 14.0. The smallest absolute Gasteiger partial charge is 0.251 e. The van der Waals surface area contributed by atoms with Gasteiger partial charge >= 0.3 is 0 Å². The van der Waals surface area contributed by atoms with E-state index in [1.54, 1.807) is 36.5 Å². The fourth-order valence-electron chi connectivity index (χ4n) is 9.45. The molecule has 1 aliphatic carbocycles. The molecule has 1 aromatic heterocycles. The second-order valence-corrected chi connectivity index (χ2v) is 20.3. The maximum atomic E-state index is 14.0. The van der Waals surface area contributed by atoms with Crippen LogP contribution in [-0.2, 0) is 19.1 Å².